The standard InChI is InChI=1S/C7H8ClFN2.C2H6/c1-3-6(8)4(9)2-5(10)7(3)11;1-2/h2H,10-11H2,1H3;1-2H3. The summed E-state index contributed by atoms with van der Waals surface area (Å²) < 4.78 is 12.8. The summed E-state index contributed by atoms with van der Waals surface area (Å²) in [7, 11) is 0. The third kappa shape index (κ3) is 2.49. The molecule has 2 nitrogen and oxygen atoms in total. The average Bonchev–Trinajstić information content (AvgIpc) is 2.15. The van der Waals surface area contributed by atoms with Gasteiger partial charge < -0.3 is 11.5 Å². The maximum absolute atomic E-state index is 12.8. The summed E-state index contributed by atoms with van der Waals surface area (Å²) in [5, 5.41) is 0.0386. The van der Waals surface area contributed by atoms with Crippen LogP contribution in [0.4, 0.5) is 15.8 Å². The highest BCUT2D eigenvalue weighted by molar-refractivity contribution is 6.32. The van der Waals surface area contributed by atoms with Gasteiger partial charge in [-0.1, -0.05) is 25.4 Å². The van der Waals surface area contributed by atoms with Crippen molar-refractivity contribution in [2.24, 2.45) is 0 Å². The summed E-state index contributed by atoms with van der Waals surface area (Å²) in [6.45, 7) is 5.62. The lowest BCUT2D eigenvalue weighted by atomic mass is 10.1. The van der Waals surface area contributed by atoms with Crippen LogP contribution in [0.3, 0.4) is 0 Å². The second-order valence-corrected chi connectivity index (χ2v) is 2.68. The van der Waals surface area contributed by atoms with Gasteiger partial charge in [-0.2, -0.15) is 0 Å². The number of nitrogens with two attached hydrogens (primary N) is 2. The molecule has 0 saturated heterocycles. The third-order valence-electron chi connectivity index (χ3n) is 1.54. The lowest BCUT2D eigenvalue weighted by molar-refractivity contribution is 0.628. The normalized spacial score (nSPS) is 9.00. The molecule has 4 heteroatoms. The Morgan fingerprint density at radius 2 is 1.77 bits per heavy atom. The van der Waals surface area contributed by atoms with Gasteiger partial charge in [0, 0.05) is 6.07 Å². The second-order valence-electron chi connectivity index (χ2n) is 2.30. The van der Waals surface area contributed by atoms with Gasteiger partial charge in [-0.05, 0) is 12.5 Å². The minimum absolute atomic E-state index is 0.0386. The predicted molar refractivity (Wildman–Crippen MR) is 56.3 cm³/mol. The summed E-state index contributed by atoms with van der Waals surface area (Å²) in [5.74, 6) is -0.532. The largest absolute Gasteiger partial charge is 0.397 e. The highest BCUT2D eigenvalue weighted by Gasteiger charge is 2.08. The van der Waals surface area contributed by atoms with Crippen LogP contribution < -0.4 is 11.5 Å². The van der Waals surface area contributed by atoms with E-state index in [1.807, 2.05) is 13.8 Å². The molecule has 0 aromatic heterocycles. The first kappa shape index (κ1) is 12.0. The second kappa shape index (κ2) is 4.92. The molecule has 0 unspecified atom stereocenters. The molecule has 0 amide bonds. The molecule has 74 valence electrons. The molecule has 0 aliphatic carbocycles. The third-order valence-corrected chi connectivity index (χ3v) is 2.00. The first-order valence-electron chi connectivity index (χ1n) is 4.03. The maximum atomic E-state index is 12.8. The molecule has 1 aromatic carbocycles. The molecule has 0 fully saturated rings. The van der Waals surface area contributed by atoms with Crippen LogP contribution in [0.1, 0.15) is 19.4 Å². The van der Waals surface area contributed by atoms with E-state index in [1.54, 1.807) is 6.92 Å². The number of hydrogen-bond donors (Lipinski definition) is 2. The Morgan fingerprint density at radius 3 is 2.23 bits per heavy atom. The first-order chi connectivity index (χ1) is 6.04. The van der Waals surface area contributed by atoms with Crippen LogP contribution in [-0.4, -0.2) is 0 Å². The molecule has 0 aliphatic heterocycles. The molecular weight excluding hydrogens is 191 g/mol. The van der Waals surface area contributed by atoms with E-state index in [2.05, 4.69) is 0 Å². The molecule has 1 rings (SSSR count). The fraction of sp³-hybridized carbons (Fsp3) is 0.333. The number of anilines is 2. The van der Waals surface area contributed by atoms with Crippen LogP contribution in [0.15, 0.2) is 6.07 Å². The Labute approximate surface area is 82.7 Å². The van der Waals surface area contributed by atoms with Crippen molar-refractivity contribution in [1.82, 2.24) is 0 Å². The van der Waals surface area contributed by atoms with E-state index in [1.165, 1.54) is 0 Å². The molecule has 1 aromatic rings. The first-order valence-corrected chi connectivity index (χ1v) is 4.41. The number of hydrogen-bond acceptors (Lipinski definition) is 2. The molecule has 0 bridgehead atoms. The van der Waals surface area contributed by atoms with E-state index in [0.29, 0.717) is 11.3 Å². The van der Waals surface area contributed by atoms with Gasteiger partial charge in [0.2, 0.25) is 0 Å². The SMILES string of the molecule is CC.Cc1c(N)c(N)cc(F)c1Cl. The van der Waals surface area contributed by atoms with Crippen LogP contribution in [0, 0.1) is 12.7 Å². The molecule has 0 aliphatic rings. The molecule has 0 saturated carbocycles. The Balaban J connectivity index is 0.000000671. The Kier molecular flexibility index (Phi) is 4.56. The Hall–Kier alpha value is -0.960. The van der Waals surface area contributed by atoms with E-state index in [0.717, 1.165) is 6.07 Å². The molecular formula is C9H14ClFN2. The fourth-order valence-electron chi connectivity index (χ4n) is 0.792. The summed E-state index contributed by atoms with van der Waals surface area (Å²) in [5.41, 5.74) is 11.9. The van der Waals surface area contributed by atoms with Gasteiger partial charge in [-0.15, -0.1) is 0 Å². The van der Waals surface area contributed by atoms with Crippen molar-refractivity contribution in [2.75, 3.05) is 11.5 Å². The van der Waals surface area contributed by atoms with Crippen LogP contribution in [0.5, 0.6) is 0 Å². The fourth-order valence-corrected chi connectivity index (χ4v) is 0.948. The molecule has 13 heavy (non-hydrogen) atoms. The van der Waals surface area contributed by atoms with Crippen molar-refractivity contribution in [3.05, 3.63) is 22.5 Å². The topological polar surface area (TPSA) is 52.0 Å². The maximum Gasteiger partial charge on any atom is 0.144 e. The van der Waals surface area contributed by atoms with Crippen LogP contribution in [0.2, 0.25) is 5.02 Å². The molecule has 0 spiro atoms. The van der Waals surface area contributed by atoms with Gasteiger partial charge in [0.25, 0.3) is 0 Å². The zero-order valence-corrected chi connectivity index (χ0v) is 8.74. The minimum atomic E-state index is -0.532. The zero-order valence-electron chi connectivity index (χ0n) is 7.99. The smallest absolute Gasteiger partial charge is 0.144 e. The highest BCUT2D eigenvalue weighted by Crippen LogP contribution is 2.29. The summed E-state index contributed by atoms with van der Waals surface area (Å²) in [6.07, 6.45) is 0. The van der Waals surface area contributed by atoms with Crippen molar-refractivity contribution in [2.45, 2.75) is 20.8 Å². The van der Waals surface area contributed by atoms with E-state index in [9.17, 15) is 4.39 Å². The van der Waals surface area contributed by atoms with Gasteiger partial charge >= 0.3 is 0 Å². The van der Waals surface area contributed by atoms with Gasteiger partial charge in [-0.3, -0.25) is 0 Å². The van der Waals surface area contributed by atoms with Crippen LogP contribution >= 0.6 is 11.6 Å². The van der Waals surface area contributed by atoms with Gasteiger partial charge in [-0.25, -0.2) is 4.39 Å². The van der Waals surface area contributed by atoms with Crippen molar-refractivity contribution in [3.63, 3.8) is 0 Å². The zero-order chi connectivity index (χ0) is 10.6. The number of benzene rings is 1. The predicted octanol–water partition coefficient (Wildman–Crippen LogP) is 2.98. The van der Waals surface area contributed by atoms with Crippen molar-refractivity contribution in [3.8, 4) is 0 Å². The van der Waals surface area contributed by atoms with E-state index < -0.39 is 5.82 Å². The highest BCUT2D eigenvalue weighted by atomic mass is 35.5. The van der Waals surface area contributed by atoms with Crippen LogP contribution in [-0.2, 0) is 0 Å². The van der Waals surface area contributed by atoms with Crippen molar-refractivity contribution in [1.29, 1.82) is 0 Å². The summed E-state index contributed by atoms with van der Waals surface area (Å²) in [6, 6.07) is 1.12. The molecule has 0 radical (unpaired) electrons. The molecule has 4 N–H and O–H groups in total. The molecule has 0 heterocycles. The van der Waals surface area contributed by atoms with Crippen molar-refractivity contribution < 1.29 is 4.39 Å². The van der Waals surface area contributed by atoms with Gasteiger partial charge in [0.1, 0.15) is 5.82 Å². The lowest BCUT2D eigenvalue weighted by Crippen LogP contribution is -1.99. The monoisotopic (exact) mass is 204 g/mol. The summed E-state index contributed by atoms with van der Waals surface area (Å²) >= 11 is 5.54. The molecule has 0 atom stereocenters. The number of rotatable bonds is 0. The van der Waals surface area contributed by atoms with E-state index >= 15 is 0 Å². The minimum Gasteiger partial charge on any atom is -0.397 e. The van der Waals surface area contributed by atoms with E-state index in [4.69, 9.17) is 23.1 Å². The van der Waals surface area contributed by atoms with Crippen molar-refractivity contribution >= 4 is 23.0 Å². The average molecular weight is 205 g/mol. The van der Waals surface area contributed by atoms with E-state index in [-0.39, 0.29) is 10.7 Å². The number of halogens is 2. The summed E-state index contributed by atoms with van der Waals surface area (Å²) in [4.78, 5) is 0. The lowest BCUT2D eigenvalue weighted by Gasteiger charge is -2.06. The Bertz CT molecular complexity index is 274. The van der Waals surface area contributed by atoms with Gasteiger partial charge in [0.15, 0.2) is 0 Å². The Morgan fingerprint density at radius 1 is 1.31 bits per heavy atom. The quantitative estimate of drug-likeness (QED) is 0.639. The van der Waals surface area contributed by atoms with Gasteiger partial charge in [0.05, 0.1) is 16.4 Å². The van der Waals surface area contributed by atoms with Crippen LogP contribution in [0.25, 0.3) is 0 Å². The number of nitrogen functional groups attached to an aromatic ring is 2.